The molecule has 0 spiro atoms. The first-order valence-corrected chi connectivity index (χ1v) is 13.4. The molecule has 4 fully saturated rings. The highest BCUT2D eigenvalue weighted by molar-refractivity contribution is 7.87. The number of fused-ring (bicyclic) bond motifs is 1. The molecular weight excluding hydrogens is 497 g/mol. The van der Waals surface area contributed by atoms with Gasteiger partial charge in [0.05, 0.1) is 11.8 Å². The SMILES string of the molecule is O=C(OC1C2CC3C1OS(=O)(=O)C3C2C(=O)OCC(F)C(F)(F)S(=O)(=O)O)C1CCCCC1. The molecule has 0 radical (unpaired) electrons. The fourth-order valence-electron chi connectivity index (χ4n) is 5.53. The minimum absolute atomic E-state index is 0.136. The average molecular weight is 521 g/mol. The van der Waals surface area contributed by atoms with E-state index in [0.717, 1.165) is 19.3 Å². The Morgan fingerprint density at radius 2 is 1.76 bits per heavy atom. The number of alkyl halides is 3. The Balaban J connectivity index is 1.48. The second-order valence-electron chi connectivity index (χ2n) is 8.98. The van der Waals surface area contributed by atoms with Crippen molar-refractivity contribution in [2.75, 3.05) is 6.61 Å². The zero-order chi connectivity index (χ0) is 24.3. The van der Waals surface area contributed by atoms with Gasteiger partial charge in [0.15, 0.2) is 0 Å². The van der Waals surface area contributed by atoms with E-state index in [1.165, 1.54) is 0 Å². The average Bonchev–Trinajstić information content (AvgIpc) is 3.34. The monoisotopic (exact) mass is 520 g/mol. The summed E-state index contributed by atoms with van der Waals surface area (Å²) in [7, 11) is -10.4. The summed E-state index contributed by atoms with van der Waals surface area (Å²) in [6.45, 7) is -1.73. The molecule has 1 N–H and O–H groups in total. The fraction of sp³-hybridized carbons (Fsp3) is 0.889. The zero-order valence-corrected chi connectivity index (χ0v) is 18.8. The van der Waals surface area contributed by atoms with Crippen molar-refractivity contribution in [2.45, 2.75) is 67.4 Å². The first-order valence-electron chi connectivity index (χ1n) is 10.5. The van der Waals surface area contributed by atoms with Crippen LogP contribution in [0, 0.1) is 23.7 Å². The van der Waals surface area contributed by atoms with Gasteiger partial charge in [0.2, 0.25) is 6.17 Å². The molecule has 15 heteroatoms. The van der Waals surface area contributed by atoms with Gasteiger partial charge in [-0.1, -0.05) is 19.3 Å². The smallest absolute Gasteiger partial charge is 0.403 e. The number of hydrogen-bond acceptors (Lipinski definition) is 9. The molecule has 3 saturated carbocycles. The van der Waals surface area contributed by atoms with E-state index < -0.39 is 85.4 Å². The number of carbonyl (C=O) groups excluding carboxylic acids is 2. The maximum atomic E-state index is 13.7. The molecule has 7 atom stereocenters. The van der Waals surface area contributed by atoms with E-state index in [1.807, 2.05) is 0 Å². The molecule has 0 aromatic rings. The van der Waals surface area contributed by atoms with E-state index in [0.29, 0.717) is 12.8 Å². The van der Waals surface area contributed by atoms with E-state index in [9.17, 15) is 39.6 Å². The van der Waals surface area contributed by atoms with E-state index in [-0.39, 0.29) is 12.3 Å². The van der Waals surface area contributed by atoms with Crippen molar-refractivity contribution in [1.29, 1.82) is 0 Å². The van der Waals surface area contributed by atoms with Crippen LogP contribution in [0.15, 0.2) is 0 Å². The molecule has 1 saturated heterocycles. The molecule has 3 aliphatic carbocycles. The number of rotatable bonds is 7. The van der Waals surface area contributed by atoms with Gasteiger partial charge in [-0.15, -0.1) is 0 Å². The summed E-state index contributed by atoms with van der Waals surface area (Å²) in [4.78, 5) is 25.2. The van der Waals surface area contributed by atoms with Crippen molar-refractivity contribution in [3.8, 4) is 0 Å². The van der Waals surface area contributed by atoms with Gasteiger partial charge in [0, 0.05) is 11.8 Å². The van der Waals surface area contributed by atoms with Crippen molar-refractivity contribution in [2.24, 2.45) is 23.7 Å². The number of hydrogen-bond donors (Lipinski definition) is 1. The van der Waals surface area contributed by atoms with Crippen LogP contribution in [0.1, 0.15) is 38.5 Å². The van der Waals surface area contributed by atoms with Crippen molar-refractivity contribution in [3.05, 3.63) is 0 Å². The molecule has 0 aromatic heterocycles. The molecule has 1 heterocycles. The van der Waals surface area contributed by atoms with Crippen LogP contribution in [-0.4, -0.2) is 68.8 Å². The maximum absolute atomic E-state index is 13.7. The van der Waals surface area contributed by atoms with Crippen LogP contribution < -0.4 is 0 Å². The third-order valence-corrected chi connectivity index (χ3v) is 9.81. The van der Waals surface area contributed by atoms with Gasteiger partial charge in [-0.25, -0.2) is 4.39 Å². The van der Waals surface area contributed by atoms with Gasteiger partial charge in [-0.2, -0.15) is 25.6 Å². The largest absolute Gasteiger partial charge is 0.462 e. The lowest BCUT2D eigenvalue weighted by Crippen LogP contribution is -2.47. The summed E-state index contributed by atoms with van der Waals surface area (Å²) in [5, 5.41) is -6.60. The van der Waals surface area contributed by atoms with Crippen LogP contribution in [0.3, 0.4) is 0 Å². The molecule has 188 valence electrons. The number of esters is 2. The predicted octanol–water partition coefficient (Wildman–Crippen LogP) is 1.20. The van der Waals surface area contributed by atoms with Crippen molar-refractivity contribution in [1.82, 2.24) is 0 Å². The Morgan fingerprint density at radius 1 is 1.12 bits per heavy atom. The Bertz CT molecular complexity index is 1020. The second-order valence-corrected chi connectivity index (χ2v) is 12.2. The van der Waals surface area contributed by atoms with Gasteiger partial charge >= 0.3 is 27.3 Å². The molecule has 1 aliphatic heterocycles. The molecule has 4 aliphatic rings. The highest BCUT2D eigenvalue weighted by Crippen LogP contribution is 2.59. The summed E-state index contributed by atoms with van der Waals surface area (Å²) in [6, 6.07) is 0. The lowest BCUT2D eigenvalue weighted by Gasteiger charge is -2.32. The Kier molecular flexibility index (Phi) is 6.24. The van der Waals surface area contributed by atoms with Crippen molar-refractivity contribution >= 4 is 32.2 Å². The number of halogens is 3. The van der Waals surface area contributed by atoms with Crippen molar-refractivity contribution < 1.29 is 57.8 Å². The first-order chi connectivity index (χ1) is 15.3. The van der Waals surface area contributed by atoms with Crippen LogP contribution in [-0.2, 0) is 43.5 Å². The zero-order valence-electron chi connectivity index (χ0n) is 17.1. The lowest BCUT2D eigenvalue weighted by atomic mass is 9.84. The molecule has 10 nitrogen and oxygen atoms in total. The molecule has 7 unspecified atom stereocenters. The fourth-order valence-corrected chi connectivity index (χ4v) is 7.98. The molecule has 0 amide bonds. The van der Waals surface area contributed by atoms with Gasteiger partial charge in [0.1, 0.15) is 24.1 Å². The Hall–Kier alpha value is -1.45. The lowest BCUT2D eigenvalue weighted by molar-refractivity contribution is -0.169. The Morgan fingerprint density at radius 3 is 2.36 bits per heavy atom. The number of carbonyl (C=O) groups is 2. The minimum Gasteiger partial charge on any atom is -0.462 e. The van der Waals surface area contributed by atoms with Crippen molar-refractivity contribution in [3.63, 3.8) is 0 Å². The predicted molar refractivity (Wildman–Crippen MR) is 101 cm³/mol. The summed E-state index contributed by atoms with van der Waals surface area (Å²) >= 11 is 0. The van der Waals surface area contributed by atoms with Crippen LogP contribution in [0.4, 0.5) is 13.2 Å². The standard InChI is InChI=1S/C18H23F3O10S2/c19-11(18(20,21)33(26,27)28)7-29-17(23)12-9-6-10-14(31-32(24,25)15(10)12)13(9)30-16(22)8-4-2-1-3-5-8/h8-15H,1-7H2,(H,26,27,28). The van der Waals surface area contributed by atoms with E-state index in [2.05, 4.69) is 4.74 Å². The van der Waals surface area contributed by atoms with E-state index in [1.54, 1.807) is 0 Å². The van der Waals surface area contributed by atoms with Gasteiger partial charge < -0.3 is 9.47 Å². The maximum Gasteiger partial charge on any atom is 0.403 e. The molecule has 4 rings (SSSR count). The van der Waals surface area contributed by atoms with E-state index in [4.69, 9.17) is 13.5 Å². The first kappa shape index (κ1) is 24.7. The van der Waals surface area contributed by atoms with Crippen LogP contribution in [0.25, 0.3) is 0 Å². The minimum atomic E-state index is -6.11. The highest BCUT2D eigenvalue weighted by Gasteiger charge is 2.72. The number of ether oxygens (including phenoxy) is 2. The third-order valence-electron chi connectivity index (χ3n) is 7.07. The normalized spacial score (nSPS) is 36.5. The van der Waals surface area contributed by atoms with Crippen LogP contribution in [0.5, 0.6) is 0 Å². The summed E-state index contributed by atoms with van der Waals surface area (Å²) < 4.78 is 110. The molecule has 33 heavy (non-hydrogen) atoms. The van der Waals surface area contributed by atoms with Gasteiger partial charge in [0.25, 0.3) is 10.1 Å². The second kappa shape index (κ2) is 8.34. The summed E-state index contributed by atoms with van der Waals surface area (Å²) in [6.07, 6.45) is -1.56. The summed E-state index contributed by atoms with van der Waals surface area (Å²) in [5.41, 5.74) is 0. The van der Waals surface area contributed by atoms with Crippen LogP contribution in [0.2, 0.25) is 0 Å². The topological polar surface area (TPSA) is 150 Å². The Labute approximate surface area is 188 Å². The van der Waals surface area contributed by atoms with E-state index >= 15 is 0 Å². The quantitative estimate of drug-likeness (QED) is 0.295. The van der Waals surface area contributed by atoms with Gasteiger partial charge in [-0.05, 0) is 19.3 Å². The van der Waals surface area contributed by atoms with Crippen LogP contribution >= 0.6 is 0 Å². The van der Waals surface area contributed by atoms with Gasteiger partial charge in [-0.3, -0.25) is 18.3 Å². The summed E-state index contributed by atoms with van der Waals surface area (Å²) in [5.74, 6) is -5.24. The third kappa shape index (κ3) is 4.14. The molecular formula is C18H23F3O10S2. The highest BCUT2D eigenvalue weighted by atomic mass is 32.2. The molecule has 2 bridgehead atoms. The molecule has 0 aromatic carbocycles.